The van der Waals surface area contributed by atoms with Crippen molar-refractivity contribution >= 4 is 36.0 Å². The highest BCUT2D eigenvalue weighted by Crippen LogP contribution is 2.45. The Morgan fingerprint density at radius 3 is 2.38 bits per heavy atom. The molecule has 0 radical (unpaired) electrons. The van der Waals surface area contributed by atoms with Crippen molar-refractivity contribution < 1.29 is 29.4 Å². The number of hydrogen-bond donors (Lipinski definition) is 3. The average molecular weight is 380 g/mol. The lowest BCUT2D eigenvalue weighted by molar-refractivity contribution is -0.150. The minimum atomic E-state index is -1.43. The first-order valence-electron chi connectivity index (χ1n) is 7.87. The third-order valence-corrected chi connectivity index (χ3v) is 5.69. The third-order valence-electron chi connectivity index (χ3n) is 4.11. The van der Waals surface area contributed by atoms with Crippen molar-refractivity contribution in [2.45, 2.75) is 42.5 Å². The van der Waals surface area contributed by atoms with Crippen molar-refractivity contribution in [1.82, 2.24) is 10.2 Å². The number of hydrogen-bond acceptors (Lipinski definition) is 5. The first kappa shape index (κ1) is 19.8. The summed E-state index contributed by atoms with van der Waals surface area (Å²) < 4.78 is -0.907. The van der Waals surface area contributed by atoms with E-state index < -0.39 is 40.1 Å². The molecule has 0 spiro atoms. The van der Waals surface area contributed by atoms with Crippen LogP contribution in [-0.4, -0.2) is 61.6 Å². The van der Waals surface area contributed by atoms with Crippen LogP contribution >= 0.6 is 11.8 Å². The van der Waals surface area contributed by atoms with Crippen molar-refractivity contribution in [1.29, 1.82) is 0 Å². The highest BCUT2D eigenvalue weighted by atomic mass is 32.2. The molecule has 1 aromatic carbocycles. The van der Waals surface area contributed by atoms with E-state index in [2.05, 4.69) is 5.32 Å². The molecule has 1 fully saturated rings. The van der Waals surface area contributed by atoms with Crippen LogP contribution in [0.1, 0.15) is 19.4 Å². The molecule has 2 rings (SSSR count). The summed E-state index contributed by atoms with van der Waals surface area (Å²) in [4.78, 5) is 47.9. The van der Waals surface area contributed by atoms with Gasteiger partial charge in [0.25, 0.3) is 0 Å². The second-order valence-corrected chi connectivity index (χ2v) is 8.22. The van der Waals surface area contributed by atoms with Crippen LogP contribution in [0.2, 0.25) is 0 Å². The standard InChI is InChI=1S/C17H20N2O6S/c1-17(2)13(16(24)25)19(9-20)14(26-17)12(15(22)23)18-11(21)8-10-6-4-3-5-7-10/h3-7,9,12-14H,8H2,1-2H3,(H,18,21)(H,22,23)(H,24,25)/t12?,13-,14?/m0/s1. The molecule has 0 bridgehead atoms. The Bertz CT molecular complexity index is 708. The summed E-state index contributed by atoms with van der Waals surface area (Å²) in [5.74, 6) is -3.08. The lowest BCUT2D eigenvalue weighted by atomic mass is 10.0. The number of rotatable bonds is 7. The minimum Gasteiger partial charge on any atom is -0.480 e. The summed E-state index contributed by atoms with van der Waals surface area (Å²) in [7, 11) is 0. The maximum absolute atomic E-state index is 12.2. The Balaban J connectivity index is 2.21. The SMILES string of the molecule is CC1(C)SC(C(NC(=O)Cc2ccccc2)C(=O)O)N(C=O)[C@H]1C(=O)O. The van der Waals surface area contributed by atoms with E-state index in [0.29, 0.717) is 12.0 Å². The van der Waals surface area contributed by atoms with E-state index >= 15 is 0 Å². The lowest BCUT2D eigenvalue weighted by Gasteiger charge is -2.28. The quantitative estimate of drug-likeness (QED) is 0.591. The molecule has 3 atom stereocenters. The van der Waals surface area contributed by atoms with Gasteiger partial charge < -0.3 is 20.4 Å². The highest BCUT2D eigenvalue weighted by Gasteiger charge is 2.54. The van der Waals surface area contributed by atoms with Gasteiger partial charge in [0.15, 0.2) is 6.04 Å². The van der Waals surface area contributed by atoms with Crippen LogP contribution < -0.4 is 5.32 Å². The Morgan fingerprint density at radius 1 is 1.27 bits per heavy atom. The zero-order chi connectivity index (χ0) is 19.5. The monoisotopic (exact) mass is 380 g/mol. The van der Waals surface area contributed by atoms with E-state index in [0.717, 1.165) is 16.7 Å². The molecule has 3 N–H and O–H groups in total. The normalized spacial score (nSPS) is 22.5. The maximum Gasteiger partial charge on any atom is 0.329 e. The zero-order valence-corrected chi connectivity index (χ0v) is 15.1. The number of carbonyl (C=O) groups excluding carboxylic acids is 2. The zero-order valence-electron chi connectivity index (χ0n) is 14.3. The fourth-order valence-corrected chi connectivity index (χ4v) is 4.58. The van der Waals surface area contributed by atoms with Crippen molar-refractivity contribution in [2.24, 2.45) is 0 Å². The number of nitrogens with one attached hydrogen (secondary N) is 1. The topological polar surface area (TPSA) is 124 Å². The first-order valence-corrected chi connectivity index (χ1v) is 8.75. The number of nitrogens with zero attached hydrogens (tertiary/aromatic N) is 1. The Morgan fingerprint density at radius 2 is 1.88 bits per heavy atom. The molecule has 0 aromatic heterocycles. The van der Waals surface area contributed by atoms with Gasteiger partial charge in [0.2, 0.25) is 12.3 Å². The number of carbonyl (C=O) groups is 4. The lowest BCUT2D eigenvalue weighted by Crippen LogP contribution is -2.55. The number of aliphatic carboxylic acids is 2. The third kappa shape index (κ3) is 4.16. The maximum atomic E-state index is 12.2. The van der Waals surface area contributed by atoms with E-state index in [1.54, 1.807) is 44.2 Å². The fraction of sp³-hybridized carbons (Fsp3) is 0.412. The van der Waals surface area contributed by atoms with Gasteiger partial charge in [-0.05, 0) is 19.4 Å². The molecule has 1 aromatic rings. The second-order valence-electron chi connectivity index (χ2n) is 6.45. The van der Waals surface area contributed by atoms with Crippen LogP contribution in [0.15, 0.2) is 30.3 Å². The van der Waals surface area contributed by atoms with E-state index in [1.165, 1.54) is 0 Å². The number of carboxylic acid groups (broad SMARTS) is 2. The van der Waals surface area contributed by atoms with Gasteiger partial charge >= 0.3 is 11.9 Å². The molecule has 2 amide bonds. The summed E-state index contributed by atoms with van der Waals surface area (Å²) in [5.41, 5.74) is 0.712. The number of benzene rings is 1. The van der Waals surface area contributed by atoms with E-state index in [9.17, 15) is 29.4 Å². The van der Waals surface area contributed by atoms with Gasteiger partial charge in [0.05, 0.1) is 6.42 Å². The molecule has 1 aliphatic rings. The van der Waals surface area contributed by atoms with Crippen LogP contribution in [0.25, 0.3) is 0 Å². The predicted octanol–water partition coefficient (Wildman–Crippen LogP) is 0.562. The van der Waals surface area contributed by atoms with Gasteiger partial charge in [-0.15, -0.1) is 11.8 Å². The van der Waals surface area contributed by atoms with Gasteiger partial charge in [-0.3, -0.25) is 9.59 Å². The summed E-state index contributed by atoms with van der Waals surface area (Å²) in [6.45, 7) is 3.25. The van der Waals surface area contributed by atoms with Gasteiger partial charge in [0.1, 0.15) is 11.4 Å². The minimum absolute atomic E-state index is 0.0190. The molecular formula is C17H20N2O6S. The van der Waals surface area contributed by atoms with Crippen LogP contribution in [0, 0.1) is 0 Å². The number of amides is 2. The molecule has 140 valence electrons. The molecule has 0 aliphatic carbocycles. The smallest absolute Gasteiger partial charge is 0.329 e. The molecule has 8 nitrogen and oxygen atoms in total. The van der Waals surface area contributed by atoms with Gasteiger partial charge in [-0.2, -0.15) is 0 Å². The van der Waals surface area contributed by atoms with Gasteiger partial charge in [0, 0.05) is 4.75 Å². The van der Waals surface area contributed by atoms with E-state index in [-0.39, 0.29) is 6.42 Å². The molecule has 9 heteroatoms. The van der Waals surface area contributed by atoms with Crippen LogP contribution in [0.4, 0.5) is 0 Å². The molecule has 2 unspecified atom stereocenters. The van der Waals surface area contributed by atoms with Crippen molar-refractivity contribution in [2.75, 3.05) is 0 Å². The van der Waals surface area contributed by atoms with E-state index in [4.69, 9.17) is 0 Å². The molecule has 26 heavy (non-hydrogen) atoms. The van der Waals surface area contributed by atoms with E-state index in [1.807, 2.05) is 0 Å². The Kier molecular flexibility index (Phi) is 5.91. The molecule has 1 heterocycles. The average Bonchev–Trinajstić information content (AvgIpc) is 2.83. The summed E-state index contributed by atoms with van der Waals surface area (Å²) >= 11 is 1.04. The summed E-state index contributed by atoms with van der Waals surface area (Å²) in [6.07, 6.45) is 0.305. The van der Waals surface area contributed by atoms with Crippen LogP contribution in [0.5, 0.6) is 0 Å². The summed E-state index contributed by atoms with van der Waals surface area (Å²) in [6, 6.07) is 6.18. The van der Waals surface area contributed by atoms with Crippen molar-refractivity contribution in [3.8, 4) is 0 Å². The largest absolute Gasteiger partial charge is 0.480 e. The fourth-order valence-electron chi connectivity index (χ4n) is 2.99. The van der Waals surface area contributed by atoms with Crippen LogP contribution in [0.3, 0.4) is 0 Å². The first-order chi connectivity index (χ1) is 12.2. The number of thioether (sulfide) groups is 1. The molecule has 1 saturated heterocycles. The molecular weight excluding hydrogens is 360 g/mol. The van der Waals surface area contributed by atoms with Crippen molar-refractivity contribution in [3.63, 3.8) is 0 Å². The molecule has 0 saturated carbocycles. The predicted molar refractivity (Wildman–Crippen MR) is 94.5 cm³/mol. The molecule has 1 aliphatic heterocycles. The Labute approximate surface area is 154 Å². The van der Waals surface area contributed by atoms with Gasteiger partial charge in [-0.25, -0.2) is 9.59 Å². The Hall–Kier alpha value is -2.55. The highest BCUT2D eigenvalue weighted by molar-refractivity contribution is 8.01. The number of carboxylic acids is 2. The summed E-state index contributed by atoms with van der Waals surface area (Å²) in [5, 5.41) is 20.3. The second kappa shape index (κ2) is 7.77. The van der Waals surface area contributed by atoms with Gasteiger partial charge in [-0.1, -0.05) is 30.3 Å². The van der Waals surface area contributed by atoms with Crippen LogP contribution in [-0.2, 0) is 25.6 Å². The van der Waals surface area contributed by atoms with Crippen molar-refractivity contribution in [3.05, 3.63) is 35.9 Å².